The van der Waals surface area contributed by atoms with E-state index >= 15 is 0 Å². The van der Waals surface area contributed by atoms with Crippen LogP contribution in [0.3, 0.4) is 0 Å². The van der Waals surface area contributed by atoms with Crippen LogP contribution < -0.4 is 5.32 Å². The third kappa shape index (κ3) is 5.54. The number of halogens is 10. The first-order chi connectivity index (χ1) is 16.0. The van der Waals surface area contributed by atoms with Gasteiger partial charge in [-0.2, -0.15) is 22.0 Å². The minimum absolute atomic E-state index is 0.133. The summed E-state index contributed by atoms with van der Waals surface area (Å²) in [5, 5.41) is 2.17. The molecule has 0 saturated heterocycles. The van der Waals surface area contributed by atoms with Gasteiger partial charge in [0.15, 0.2) is 5.78 Å². The van der Waals surface area contributed by atoms with E-state index in [-0.39, 0.29) is 16.3 Å². The molecule has 0 spiro atoms. The molecule has 1 saturated carbocycles. The van der Waals surface area contributed by atoms with E-state index in [1.165, 1.54) is 19.1 Å². The van der Waals surface area contributed by atoms with Crippen LogP contribution in [0.4, 0.5) is 36.4 Å². The van der Waals surface area contributed by atoms with Crippen LogP contribution in [-0.4, -0.2) is 28.1 Å². The number of ketones is 1. The van der Waals surface area contributed by atoms with Crippen molar-refractivity contribution in [2.45, 2.75) is 42.1 Å². The van der Waals surface area contributed by atoms with Crippen molar-refractivity contribution in [2.75, 3.05) is 5.32 Å². The Bertz CT molecular complexity index is 1180. The van der Waals surface area contributed by atoms with E-state index in [4.69, 9.17) is 34.8 Å². The van der Waals surface area contributed by atoms with Crippen LogP contribution in [0.25, 0.3) is 0 Å². The number of nitrogens with one attached hydrogen (secondary N) is 1. The Morgan fingerprint density at radius 1 is 1.06 bits per heavy atom. The lowest BCUT2D eigenvalue weighted by atomic mass is 10.00. The second-order valence-corrected chi connectivity index (χ2v) is 9.92. The Morgan fingerprint density at radius 3 is 2.26 bits per heavy atom. The van der Waals surface area contributed by atoms with Crippen molar-refractivity contribution in [1.29, 1.82) is 0 Å². The Morgan fingerprint density at radius 2 is 1.69 bits per heavy atom. The molecule has 1 aliphatic rings. The first kappa shape index (κ1) is 27.5. The molecule has 1 amide bonds. The highest BCUT2D eigenvalue weighted by Gasteiger charge is 2.67. The van der Waals surface area contributed by atoms with E-state index in [0.717, 1.165) is 18.2 Å². The van der Waals surface area contributed by atoms with Crippen LogP contribution in [0.2, 0.25) is 5.02 Å². The van der Waals surface area contributed by atoms with Gasteiger partial charge in [-0.15, -0.1) is 23.2 Å². The Kier molecular flexibility index (Phi) is 7.43. The lowest BCUT2D eigenvalue weighted by molar-refractivity contribution is -0.283. The van der Waals surface area contributed by atoms with E-state index in [0.29, 0.717) is 5.56 Å². The second kappa shape index (κ2) is 9.44. The highest BCUT2D eigenvalue weighted by molar-refractivity contribution is 6.53. The zero-order valence-corrected chi connectivity index (χ0v) is 19.8. The maximum atomic E-state index is 14.4. The molecule has 3 rings (SSSR count). The van der Waals surface area contributed by atoms with Crippen LogP contribution >= 0.6 is 34.8 Å². The third-order valence-electron chi connectivity index (χ3n) is 5.54. The van der Waals surface area contributed by atoms with Crippen molar-refractivity contribution < 1.29 is 40.3 Å². The number of amides is 1. The van der Waals surface area contributed by atoms with Gasteiger partial charge in [-0.25, -0.2) is 8.78 Å². The molecule has 1 N–H and O–H groups in total. The average molecular weight is 565 g/mol. The van der Waals surface area contributed by atoms with Crippen LogP contribution in [0, 0.1) is 24.5 Å². The van der Waals surface area contributed by atoms with Gasteiger partial charge in [0.1, 0.15) is 16.0 Å². The van der Waals surface area contributed by atoms with Gasteiger partial charge in [0.2, 0.25) is 5.91 Å². The van der Waals surface area contributed by atoms with Crippen LogP contribution in [0.5, 0.6) is 0 Å². The highest BCUT2D eigenvalue weighted by Crippen LogP contribution is 2.65. The quantitative estimate of drug-likeness (QED) is 0.214. The minimum atomic E-state index is -5.86. The van der Waals surface area contributed by atoms with Gasteiger partial charge in [0.05, 0.1) is 16.5 Å². The number of benzene rings is 2. The molecule has 0 heterocycles. The molecule has 3 nitrogen and oxygen atoms in total. The van der Waals surface area contributed by atoms with Crippen molar-refractivity contribution in [3.63, 3.8) is 0 Å². The number of anilines is 1. The Hall–Kier alpha value is -2.04. The van der Waals surface area contributed by atoms with E-state index < -0.39 is 70.0 Å². The molecule has 1 aliphatic carbocycles. The first-order valence-electron chi connectivity index (χ1n) is 9.89. The van der Waals surface area contributed by atoms with Gasteiger partial charge in [-0.3, -0.25) is 9.59 Å². The molecular formula is C22H15Cl3F7NO2. The molecule has 2 aromatic rings. The van der Waals surface area contributed by atoms with E-state index in [1.807, 2.05) is 0 Å². The number of rotatable bonds is 7. The molecule has 2 unspecified atom stereocenters. The fraction of sp³-hybridized carbons (Fsp3) is 0.364. The van der Waals surface area contributed by atoms with Crippen molar-refractivity contribution in [2.24, 2.45) is 5.92 Å². The first-order valence-corrected chi connectivity index (χ1v) is 11.0. The summed E-state index contributed by atoms with van der Waals surface area (Å²) < 4.78 is 89.6. The Balaban J connectivity index is 1.78. The minimum Gasteiger partial charge on any atom is -0.326 e. The molecule has 2 aromatic carbocycles. The summed E-state index contributed by atoms with van der Waals surface area (Å²) in [7, 11) is 0. The average Bonchev–Trinajstić information content (AvgIpc) is 3.32. The van der Waals surface area contributed by atoms with Gasteiger partial charge < -0.3 is 5.32 Å². The maximum Gasteiger partial charge on any atom is 0.453 e. The van der Waals surface area contributed by atoms with Crippen molar-refractivity contribution in [3.8, 4) is 0 Å². The fourth-order valence-corrected chi connectivity index (χ4v) is 4.60. The van der Waals surface area contributed by atoms with Crippen molar-refractivity contribution in [1.82, 2.24) is 0 Å². The second-order valence-electron chi connectivity index (χ2n) is 8.07. The van der Waals surface area contributed by atoms with Crippen LogP contribution in [-0.2, 0) is 4.79 Å². The number of aryl methyl sites for hydroxylation is 1. The lowest BCUT2D eigenvalue weighted by Gasteiger charge is -2.19. The molecule has 0 bridgehead atoms. The van der Waals surface area contributed by atoms with E-state index in [9.17, 15) is 40.3 Å². The van der Waals surface area contributed by atoms with Crippen LogP contribution in [0.1, 0.15) is 40.2 Å². The lowest BCUT2D eigenvalue weighted by Crippen LogP contribution is -2.36. The molecule has 0 radical (unpaired) electrons. The van der Waals surface area contributed by atoms with E-state index in [1.54, 1.807) is 0 Å². The van der Waals surface area contributed by atoms with Gasteiger partial charge >= 0.3 is 12.1 Å². The molecular weight excluding hydrogens is 550 g/mol. The Labute approximate surface area is 209 Å². The van der Waals surface area contributed by atoms with Crippen molar-refractivity contribution in [3.05, 3.63) is 63.7 Å². The number of hydrogen-bond donors (Lipinski definition) is 1. The van der Waals surface area contributed by atoms with Gasteiger partial charge in [-0.1, -0.05) is 17.7 Å². The molecule has 0 aliphatic heterocycles. The molecule has 13 heteroatoms. The smallest absolute Gasteiger partial charge is 0.326 e. The summed E-state index contributed by atoms with van der Waals surface area (Å²) in [6, 6.07) is 5.62. The summed E-state index contributed by atoms with van der Waals surface area (Å²) in [5.41, 5.74) is -0.696. The number of carbonyl (C=O) groups excluding carboxylic acids is 2. The standard InChI is InChI=1S/C22H15Cl3F7NO2/c1-9-6-11(8-12(18(9)27)15(34)4-5-20(28,29)22(30,31)32)33-19(35)17-16(21(17,24)25)10-2-3-14(26)13(23)7-10/h2-3,6-8,16-17H,4-5H2,1H3,(H,33,35). The predicted molar refractivity (Wildman–Crippen MR) is 116 cm³/mol. The summed E-state index contributed by atoms with van der Waals surface area (Å²) in [5.74, 6) is -10.8. The predicted octanol–water partition coefficient (Wildman–Crippen LogP) is 7.61. The number of hydrogen-bond acceptors (Lipinski definition) is 2. The monoisotopic (exact) mass is 563 g/mol. The molecule has 2 atom stereocenters. The number of carbonyl (C=O) groups is 2. The zero-order chi connectivity index (χ0) is 26.5. The van der Waals surface area contributed by atoms with Gasteiger partial charge in [0, 0.05) is 24.4 Å². The molecule has 35 heavy (non-hydrogen) atoms. The highest BCUT2D eigenvalue weighted by atomic mass is 35.5. The van der Waals surface area contributed by atoms with Crippen LogP contribution in [0.15, 0.2) is 30.3 Å². The third-order valence-corrected chi connectivity index (χ3v) is 6.77. The van der Waals surface area contributed by atoms with Gasteiger partial charge in [-0.05, 0) is 42.3 Å². The SMILES string of the molecule is Cc1cc(NC(=O)C2C(c3ccc(F)c(Cl)c3)C2(Cl)Cl)cc(C(=O)CCC(F)(F)C(F)(F)F)c1F. The summed E-state index contributed by atoms with van der Waals surface area (Å²) >= 11 is 18.2. The molecule has 0 aromatic heterocycles. The zero-order valence-electron chi connectivity index (χ0n) is 17.6. The normalized spacial score (nSPS) is 19.4. The topological polar surface area (TPSA) is 46.2 Å². The molecule has 1 fully saturated rings. The summed E-state index contributed by atoms with van der Waals surface area (Å²) in [6.07, 6.45) is -9.01. The largest absolute Gasteiger partial charge is 0.453 e. The molecule has 190 valence electrons. The fourth-order valence-electron chi connectivity index (χ4n) is 3.59. The summed E-state index contributed by atoms with van der Waals surface area (Å²) in [6.45, 7) is 1.21. The summed E-state index contributed by atoms with van der Waals surface area (Å²) in [4.78, 5) is 25.0. The number of alkyl halides is 7. The van der Waals surface area contributed by atoms with Gasteiger partial charge in [0.25, 0.3) is 0 Å². The number of Topliss-reactive ketones (excluding diaryl/α,β-unsaturated/α-hetero) is 1. The maximum absolute atomic E-state index is 14.4. The van der Waals surface area contributed by atoms with E-state index in [2.05, 4.69) is 5.32 Å². The van der Waals surface area contributed by atoms with Crippen molar-refractivity contribution >= 4 is 52.2 Å².